The molecule has 0 bridgehead atoms. The summed E-state index contributed by atoms with van der Waals surface area (Å²) in [5, 5.41) is 12.1. The molecule has 2 aromatic carbocycles. The Morgan fingerprint density at radius 3 is 2.71 bits per heavy atom. The fourth-order valence-corrected chi connectivity index (χ4v) is 5.90. The number of hydrogen-bond acceptors (Lipinski definition) is 9. The van der Waals surface area contributed by atoms with E-state index in [9.17, 15) is 4.79 Å². The van der Waals surface area contributed by atoms with Crippen molar-refractivity contribution in [3.05, 3.63) is 42.5 Å². The van der Waals surface area contributed by atoms with Crippen LogP contribution < -0.4 is 14.8 Å². The van der Waals surface area contributed by atoms with Crippen molar-refractivity contribution in [2.45, 2.75) is 22.9 Å². The number of hydrogen-bond donors (Lipinski definition) is 1. The summed E-state index contributed by atoms with van der Waals surface area (Å²) in [5.41, 5.74) is 1.71. The van der Waals surface area contributed by atoms with Crippen LogP contribution in [0.2, 0.25) is 0 Å². The maximum absolute atomic E-state index is 12.9. The number of methoxy groups -OCH3 is 2. The molecule has 10 heteroatoms. The fraction of sp³-hybridized carbons (Fsp3) is 0.238. The normalized spacial score (nSPS) is 12.0. The van der Waals surface area contributed by atoms with Gasteiger partial charge in [0.1, 0.15) is 11.5 Å². The molecule has 1 amide bonds. The fourth-order valence-electron chi connectivity index (χ4n) is 2.90. The van der Waals surface area contributed by atoms with Crippen molar-refractivity contribution in [2.75, 3.05) is 19.5 Å². The molecule has 4 rings (SSSR count). The Bertz CT molecular complexity index is 1170. The van der Waals surface area contributed by atoms with Gasteiger partial charge in [0, 0.05) is 0 Å². The smallest absolute Gasteiger partial charge is 0.239 e. The van der Waals surface area contributed by atoms with E-state index in [1.54, 1.807) is 25.6 Å². The summed E-state index contributed by atoms with van der Waals surface area (Å²) in [4.78, 5) is 17.5. The molecule has 0 saturated carbocycles. The minimum atomic E-state index is -0.278. The Balaban J connectivity index is 1.49. The molecule has 1 atom stereocenters. The number of amides is 1. The SMILES string of the molecule is CC[C@H](Sc1nc2ccccc2s1)C(=O)Nc1nnc(-c2cc(OC)ccc2OC)s1. The van der Waals surface area contributed by atoms with Gasteiger partial charge >= 0.3 is 0 Å². The van der Waals surface area contributed by atoms with Crippen LogP contribution in [-0.2, 0) is 4.79 Å². The zero-order chi connectivity index (χ0) is 21.8. The third-order valence-corrected chi connectivity index (χ3v) is 7.84. The lowest BCUT2D eigenvalue weighted by molar-refractivity contribution is -0.115. The first-order valence-corrected chi connectivity index (χ1v) is 12.0. The molecule has 0 saturated heterocycles. The monoisotopic (exact) mass is 472 g/mol. The van der Waals surface area contributed by atoms with Crippen molar-refractivity contribution in [2.24, 2.45) is 0 Å². The highest BCUT2D eigenvalue weighted by Gasteiger charge is 2.22. The number of carbonyl (C=O) groups is 1. The van der Waals surface area contributed by atoms with Gasteiger partial charge in [-0.2, -0.15) is 0 Å². The topological polar surface area (TPSA) is 86.2 Å². The molecule has 0 fully saturated rings. The number of ether oxygens (including phenoxy) is 2. The lowest BCUT2D eigenvalue weighted by atomic mass is 10.2. The molecule has 2 heterocycles. The zero-order valence-corrected chi connectivity index (χ0v) is 19.6. The van der Waals surface area contributed by atoms with Crippen LogP contribution >= 0.6 is 34.4 Å². The van der Waals surface area contributed by atoms with Gasteiger partial charge in [0.15, 0.2) is 9.35 Å². The number of thioether (sulfide) groups is 1. The zero-order valence-electron chi connectivity index (χ0n) is 17.1. The van der Waals surface area contributed by atoms with E-state index in [1.807, 2.05) is 49.4 Å². The van der Waals surface area contributed by atoms with Crippen molar-refractivity contribution < 1.29 is 14.3 Å². The highest BCUT2D eigenvalue weighted by molar-refractivity contribution is 8.02. The first-order valence-electron chi connectivity index (χ1n) is 9.50. The number of rotatable bonds is 8. The standard InChI is InChI=1S/C21H20N4O3S3/c1-4-16(29-21-22-14-7-5-6-8-17(14)30-21)18(26)23-20-25-24-19(31-20)13-11-12(27-2)9-10-15(13)28-3/h5-11,16H,4H2,1-3H3,(H,23,25,26)/t16-/m0/s1. The summed E-state index contributed by atoms with van der Waals surface area (Å²) in [7, 11) is 3.20. The summed E-state index contributed by atoms with van der Waals surface area (Å²) in [6.45, 7) is 1.98. The van der Waals surface area contributed by atoms with Crippen LogP contribution in [0, 0.1) is 0 Å². The highest BCUT2D eigenvalue weighted by Crippen LogP contribution is 2.37. The van der Waals surface area contributed by atoms with Gasteiger partial charge in [-0.3, -0.25) is 10.1 Å². The number of nitrogens with one attached hydrogen (secondary N) is 1. The summed E-state index contributed by atoms with van der Waals surface area (Å²) in [5.74, 6) is 1.23. The van der Waals surface area contributed by atoms with E-state index in [4.69, 9.17) is 9.47 Å². The number of thiazole rings is 1. The van der Waals surface area contributed by atoms with E-state index in [-0.39, 0.29) is 11.2 Å². The molecule has 1 N–H and O–H groups in total. The molecule has 0 radical (unpaired) electrons. The molecule has 0 spiro atoms. The number of aromatic nitrogens is 3. The quantitative estimate of drug-likeness (QED) is 0.346. The minimum Gasteiger partial charge on any atom is -0.497 e. The third kappa shape index (κ3) is 4.81. The molecule has 0 aliphatic carbocycles. The molecule has 0 unspecified atom stereocenters. The number of benzene rings is 2. The van der Waals surface area contributed by atoms with Gasteiger partial charge < -0.3 is 9.47 Å². The second-order valence-electron chi connectivity index (χ2n) is 6.43. The first-order chi connectivity index (χ1) is 15.1. The molecule has 160 valence electrons. The van der Waals surface area contributed by atoms with Crippen molar-refractivity contribution in [1.29, 1.82) is 0 Å². The third-order valence-electron chi connectivity index (χ3n) is 4.47. The molecule has 0 aliphatic heterocycles. The predicted molar refractivity (Wildman–Crippen MR) is 127 cm³/mol. The van der Waals surface area contributed by atoms with Crippen molar-refractivity contribution >= 4 is 55.7 Å². The largest absolute Gasteiger partial charge is 0.497 e. The summed E-state index contributed by atoms with van der Waals surface area (Å²) >= 11 is 4.35. The van der Waals surface area contributed by atoms with E-state index in [0.29, 0.717) is 28.1 Å². The van der Waals surface area contributed by atoms with Crippen LogP contribution in [-0.4, -0.2) is 40.6 Å². The maximum Gasteiger partial charge on any atom is 0.239 e. The molecule has 7 nitrogen and oxygen atoms in total. The predicted octanol–water partition coefficient (Wildman–Crippen LogP) is 5.34. The van der Waals surface area contributed by atoms with Crippen LogP contribution in [0.1, 0.15) is 13.3 Å². The van der Waals surface area contributed by atoms with Crippen LogP contribution in [0.3, 0.4) is 0 Å². The lowest BCUT2D eigenvalue weighted by Crippen LogP contribution is -2.24. The number of anilines is 1. The Morgan fingerprint density at radius 2 is 1.97 bits per heavy atom. The minimum absolute atomic E-state index is 0.118. The molecule has 0 aliphatic rings. The van der Waals surface area contributed by atoms with Gasteiger partial charge in [-0.05, 0) is 36.8 Å². The number of carbonyl (C=O) groups excluding carboxylic acids is 1. The average molecular weight is 473 g/mol. The van der Waals surface area contributed by atoms with E-state index in [0.717, 1.165) is 20.1 Å². The van der Waals surface area contributed by atoms with Crippen molar-refractivity contribution in [3.8, 4) is 22.1 Å². The molecular formula is C21H20N4O3S3. The summed E-state index contributed by atoms with van der Waals surface area (Å²) in [6, 6.07) is 13.4. The molecule has 2 aromatic heterocycles. The van der Waals surface area contributed by atoms with E-state index >= 15 is 0 Å². The van der Waals surface area contributed by atoms with Crippen LogP contribution in [0.25, 0.3) is 20.8 Å². The van der Waals surface area contributed by atoms with Gasteiger partial charge in [-0.25, -0.2) is 4.98 Å². The van der Waals surface area contributed by atoms with Crippen LogP contribution in [0.15, 0.2) is 46.8 Å². The Hall–Kier alpha value is -2.69. The second kappa shape index (κ2) is 9.63. The van der Waals surface area contributed by atoms with Gasteiger partial charge in [0.05, 0.1) is 35.2 Å². The number of nitrogens with zero attached hydrogens (tertiary/aromatic N) is 3. The van der Waals surface area contributed by atoms with Crippen LogP contribution in [0.5, 0.6) is 11.5 Å². The van der Waals surface area contributed by atoms with Gasteiger partial charge in [0.2, 0.25) is 11.0 Å². The van der Waals surface area contributed by atoms with Crippen LogP contribution in [0.4, 0.5) is 5.13 Å². The maximum atomic E-state index is 12.9. The summed E-state index contributed by atoms with van der Waals surface area (Å²) < 4.78 is 12.7. The Kier molecular flexibility index (Phi) is 6.69. The number of para-hydroxylation sites is 1. The molecule has 4 aromatic rings. The van der Waals surface area contributed by atoms with E-state index in [1.165, 1.54) is 23.1 Å². The van der Waals surface area contributed by atoms with Gasteiger partial charge in [-0.1, -0.05) is 42.2 Å². The Labute approximate surface area is 191 Å². The van der Waals surface area contributed by atoms with Gasteiger partial charge in [0.25, 0.3) is 0 Å². The molecular weight excluding hydrogens is 452 g/mol. The number of fused-ring (bicyclic) bond motifs is 1. The lowest BCUT2D eigenvalue weighted by Gasteiger charge is -2.11. The summed E-state index contributed by atoms with van der Waals surface area (Å²) in [6.07, 6.45) is 0.668. The van der Waals surface area contributed by atoms with Crippen molar-refractivity contribution in [3.63, 3.8) is 0 Å². The highest BCUT2D eigenvalue weighted by atomic mass is 32.2. The first kappa shape index (κ1) is 21.5. The molecule has 31 heavy (non-hydrogen) atoms. The van der Waals surface area contributed by atoms with E-state index in [2.05, 4.69) is 20.5 Å². The second-order valence-corrected chi connectivity index (χ2v) is 9.89. The van der Waals surface area contributed by atoms with Crippen molar-refractivity contribution in [1.82, 2.24) is 15.2 Å². The average Bonchev–Trinajstić information content (AvgIpc) is 3.43. The van der Waals surface area contributed by atoms with E-state index < -0.39 is 0 Å². The Morgan fingerprint density at radius 1 is 1.13 bits per heavy atom. The van der Waals surface area contributed by atoms with Gasteiger partial charge in [-0.15, -0.1) is 21.5 Å².